The Morgan fingerprint density at radius 2 is 1.61 bits per heavy atom. The van der Waals surface area contributed by atoms with E-state index in [0.29, 0.717) is 0 Å². The molecule has 0 spiro atoms. The Hall–Kier alpha value is -2.47. The zero-order valence-electron chi connectivity index (χ0n) is 16.3. The van der Waals surface area contributed by atoms with Gasteiger partial charge in [-0.1, -0.05) is 48.5 Å². The first-order chi connectivity index (χ1) is 13.3. The molecule has 2 N–H and O–H groups in total. The number of carbonyl (C=O) groups excluding carboxylic acids is 1. The van der Waals surface area contributed by atoms with Crippen molar-refractivity contribution in [3.05, 3.63) is 59.7 Å². The maximum absolute atomic E-state index is 11.9. The second kappa shape index (κ2) is 8.27. The second-order valence-electron chi connectivity index (χ2n) is 7.80. The van der Waals surface area contributed by atoms with Crippen LogP contribution in [0.5, 0.6) is 0 Å². The molecule has 1 amide bonds. The van der Waals surface area contributed by atoms with Gasteiger partial charge in [0.15, 0.2) is 0 Å². The van der Waals surface area contributed by atoms with Gasteiger partial charge in [-0.25, -0.2) is 9.59 Å². The fourth-order valence-electron chi connectivity index (χ4n) is 3.37. The number of rotatable bonds is 6. The highest BCUT2D eigenvalue weighted by molar-refractivity contribution is 7.99. The molecule has 0 saturated heterocycles. The third-order valence-electron chi connectivity index (χ3n) is 4.52. The number of hydrogen-bond donors (Lipinski definition) is 2. The van der Waals surface area contributed by atoms with Crippen LogP contribution in [0.25, 0.3) is 11.1 Å². The normalized spacial score (nSPS) is 14.1. The van der Waals surface area contributed by atoms with Crippen molar-refractivity contribution < 1.29 is 19.4 Å². The lowest BCUT2D eigenvalue weighted by atomic mass is 9.99. The first-order valence-corrected chi connectivity index (χ1v) is 10.4. The molecule has 28 heavy (non-hydrogen) atoms. The molecule has 0 fully saturated rings. The molecule has 6 heteroatoms. The predicted octanol–water partition coefficient (Wildman–Crippen LogP) is 4.51. The van der Waals surface area contributed by atoms with Gasteiger partial charge < -0.3 is 15.2 Å². The van der Waals surface area contributed by atoms with E-state index >= 15 is 0 Å². The van der Waals surface area contributed by atoms with Gasteiger partial charge >= 0.3 is 12.1 Å². The lowest BCUT2D eigenvalue weighted by molar-refractivity contribution is -0.138. The molecule has 2 aromatic carbocycles. The van der Waals surface area contributed by atoms with Gasteiger partial charge in [0.05, 0.1) is 0 Å². The number of fused-ring (bicyclic) bond motifs is 3. The minimum absolute atomic E-state index is 0.216. The van der Waals surface area contributed by atoms with Crippen LogP contribution in [0.15, 0.2) is 48.5 Å². The summed E-state index contributed by atoms with van der Waals surface area (Å²) in [5.74, 6) is 0.169. The molecular weight excluding hydrogens is 374 g/mol. The van der Waals surface area contributed by atoms with E-state index in [1.807, 2.05) is 24.3 Å². The average molecular weight is 400 g/mol. The summed E-state index contributed by atoms with van der Waals surface area (Å²) in [6.45, 7) is 5.23. The highest BCUT2D eigenvalue weighted by Gasteiger charge is 2.29. The second-order valence-corrected chi connectivity index (χ2v) is 8.88. The largest absolute Gasteiger partial charge is 0.480 e. The molecular formula is C22H25NO4S. The average Bonchev–Trinajstić information content (AvgIpc) is 2.94. The van der Waals surface area contributed by atoms with Crippen molar-refractivity contribution in [2.45, 2.75) is 38.3 Å². The third kappa shape index (κ3) is 4.68. The fraction of sp³-hybridized carbons (Fsp3) is 0.364. The zero-order chi connectivity index (χ0) is 20.3. The summed E-state index contributed by atoms with van der Waals surface area (Å²) in [5, 5.41) is 11.9. The number of alkyl carbamates (subject to hydrolysis) is 1. The van der Waals surface area contributed by atoms with Crippen molar-refractivity contribution in [3.63, 3.8) is 0 Å². The molecule has 1 atom stereocenters. The van der Waals surface area contributed by atoms with Gasteiger partial charge in [-0.05, 0) is 43.0 Å². The van der Waals surface area contributed by atoms with Gasteiger partial charge in [-0.3, -0.25) is 0 Å². The lowest BCUT2D eigenvalue weighted by Gasteiger charge is -2.22. The number of ether oxygens (including phenoxy) is 1. The number of benzene rings is 2. The maximum atomic E-state index is 11.9. The standard InChI is InChI=1S/C22H25NO4S/c1-22(2,3)27-21(26)23-19(20(24)25)13-28-12-18-16-10-6-4-8-14(16)15-9-5-7-11-17(15)18/h4-11,18-19H,12-13H2,1-3H3,(H,23,26)(H,24,25). The summed E-state index contributed by atoms with van der Waals surface area (Å²) >= 11 is 1.52. The van der Waals surface area contributed by atoms with Crippen molar-refractivity contribution in [1.29, 1.82) is 0 Å². The summed E-state index contributed by atoms with van der Waals surface area (Å²) in [5.41, 5.74) is 4.35. The number of amides is 1. The molecule has 1 unspecified atom stereocenters. The molecule has 2 aromatic rings. The number of carbonyl (C=O) groups is 2. The SMILES string of the molecule is CC(C)(C)OC(=O)NC(CSCC1c2ccccc2-c2ccccc21)C(=O)O. The summed E-state index contributed by atoms with van der Waals surface area (Å²) in [6, 6.07) is 15.7. The van der Waals surface area contributed by atoms with Crippen LogP contribution in [0.4, 0.5) is 4.79 Å². The van der Waals surface area contributed by atoms with Crippen LogP contribution in [-0.2, 0) is 9.53 Å². The van der Waals surface area contributed by atoms with Crippen LogP contribution in [0, 0.1) is 0 Å². The number of carboxylic acids is 1. The van der Waals surface area contributed by atoms with Crippen LogP contribution >= 0.6 is 11.8 Å². The Labute approximate surface area is 169 Å². The smallest absolute Gasteiger partial charge is 0.408 e. The van der Waals surface area contributed by atoms with E-state index in [0.717, 1.165) is 5.75 Å². The van der Waals surface area contributed by atoms with E-state index in [1.54, 1.807) is 20.8 Å². The number of thioether (sulfide) groups is 1. The van der Waals surface area contributed by atoms with E-state index in [2.05, 4.69) is 29.6 Å². The molecule has 1 aliphatic rings. The quantitative estimate of drug-likeness (QED) is 0.747. The molecule has 0 radical (unpaired) electrons. The molecule has 0 aliphatic heterocycles. The van der Waals surface area contributed by atoms with Crippen molar-refractivity contribution in [1.82, 2.24) is 5.32 Å². The van der Waals surface area contributed by atoms with E-state index in [9.17, 15) is 14.7 Å². The van der Waals surface area contributed by atoms with Gasteiger partial charge in [0, 0.05) is 17.4 Å². The van der Waals surface area contributed by atoms with Crippen molar-refractivity contribution in [3.8, 4) is 11.1 Å². The molecule has 3 rings (SSSR count). The maximum Gasteiger partial charge on any atom is 0.408 e. The van der Waals surface area contributed by atoms with Gasteiger partial charge in [0.25, 0.3) is 0 Å². The Balaban J connectivity index is 1.65. The number of carboxylic acid groups (broad SMARTS) is 1. The Bertz CT molecular complexity index is 829. The van der Waals surface area contributed by atoms with E-state index < -0.39 is 23.7 Å². The molecule has 1 aliphatic carbocycles. The number of aliphatic carboxylic acids is 1. The van der Waals surface area contributed by atoms with Gasteiger partial charge in [0.2, 0.25) is 0 Å². The van der Waals surface area contributed by atoms with Gasteiger partial charge in [-0.2, -0.15) is 11.8 Å². The fourth-order valence-corrected chi connectivity index (χ4v) is 4.56. The van der Waals surface area contributed by atoms with Crippen LogP contribution in [0.3, 0.4) is 0 Å². The lowest BCUT2D eigenvalue weighted by Crippen LogP contribution is -2.45. The molecule has 148 valence electrons. The van der Waals surface area contributed by atoms with Crippen LogP contribution in [0.2, 0.25) is 0 Å². The van der Waals surface area contributed by atoms with E-state index in [1.165, 1.54) is 34.0 Å². The van der Waals surface area contributed by atoms with Gasteiger partial charge in [0.1, 0.15) is 11.6 Å². The highest BCUT2D eigenvalue weighted by Crippen LogP contribution is 2.45. The van der Waals surface area contributed by atoms with Crippen molar-refractivity contribution >= 4 is 23.8 Å². The minimum Gasteiger partial charge on any atom is -0.480 e. The zero-order valence-corrected chi connectivity index (χ0v) is 17.1. The summed E-state index contributed by atoms with van der Waals surface area (Å²) < 4.78 is 5.17. The predicted molar refractivity (Wildman–Crippen MR) is 112 cm³/mol. The van der Waals surface area contributed by atoms with E-state index in [4.69, 9.17) is 4.74 Å². The first-order valence-electron chi connectivity index (χ1n) is 9.24. The topological polar surface area (TPSA) is 75.6 Å². The highest BCUT2D eigenvalue weighted by atomic mass is 32.2. The monoisotopic (exact) mass is 399 g/mol. The summed E-state index contributed by atoms with van der Waals surface area (Å²) in [4.78, 5) is 23.5. The van der Waals surface area contributed by atoms with Crippen molar-refractivity contribution in [2.24, 2.45) is 0 Å². The first kappa shape index (κ1) is 20.3. The Kier molecular flexibility index (Phi) is 5.98. The number of nitrogens with one attached hydrogen (secondary N) is 1. The van der Waals surface area contributed by atoms with E-state index in [-0.39, 0.29) is 11.7 Å². The summed E-state index contributed by atoms with van der Waals surface area (Å²) in [6.07, 6.45) is -0.711. The molecule has 0 heterocycles. The van der Waals surface area contributed by atoms with Crippen LogP contribution in [-0.4, -0.2) is 40.3 Å². The van der Waals surface area contributed by atoms with Crippen LogP contribution in [0.1, 0.15) is 37.8 Å². The minimum atomic E-state index is -1.06. The molecule has 0 saturated carbocycles. The molecule has 0 bridgehead atoms. The number of hydrogen-bond acceptors (Lipinski definition) is 4. The Morgan fingerprint density at radius 3 is 2.11 bits per heavy atom. The van der Waals surface area contributed by atoms with Crippen LogP contribution < -0.4 is 5.32 Å². The van der Waals surface area contributed by atoms with Gasteiger partial charge in [-0.15, -0.1) is 0 Å². The third-order valence-corrected chi connectivity index (χ3v) is 5.66. The molecule has 0 aromatic heterocycles. The Morgan fingerprint density at radius 1 is 1.07 bits per heavy atom. The van der Waals surface area contributed by atoms with Crippen molar-refractivity contribution in [2.75, 3.05) is 11.5 Å². The molecule has 5 nitrogen and oxygen atoms in total. The summed E-state index contributed by atoms with van der Waals surface area (Å²) in [7, 11) is 0.